The molecule has 0 amide bonds. The molecule has 0 aliphatic heterocycles. The van der Waals surface area contributed by atoms with Crippen molar-refractivity contribution in [3.05, 3.63) is 45.8 Å². The predicted octanol–water partition coefficient (Wildman–Crippen LogP) is 1.59. The highest BCUT2D eigenvalue weighted by Gasteiger charge is 2.14. The maximum Gasteiger partial charge on any atom is 0.354 e. The lowest BCUT2D eigenvalue weighted by Crippen LogP contribution is -2.12. The van der Waals surface area contributed by atoms with Gasteiger partial charge in [0.2, 0.25) is 0 Å². The highest BCUT2D eigenvalue weighted by Crippen LogP contribution is 2.16. The number of esters is 1. The topological polar surface area (TPSA) is 59.2 Å². The van der Waals surface area contributed by atoms with E-state index in [-0.39, 0.29) is 16.6 Å². The average Bonchev–Trinajstić information content (AvgIpc) is 2.33. The molecule has 0 saturated carbocycles. The smallest absolute Gasteiger partial charge is 0.354 e. The summed E-state index contributed by atoms with van der Waals surface area (Å²) in [7, 11) is 1.12. The molecule has 1 aromatic carbocycles. The van der Waals surface area contributed by atoms with Gasteiger partial charge in [-0.3, -0.25) is 4.79 Å². The lowest BCUT2D eigenvalue weighted by Gasteiger charge is -2.03. The third-order valence-electron chi connectivity index (χ3n) is 2.30. The summed E-state index contributed by atoms with van der Waals surface area (Å²) >= 11 is 0. The number of aromatic nitrogens is 1. The molecule has 1 aromatic heterocycles. The number of pyridine rings is 1. The van der Waals surface area contributed by atoms with Crippen LogP contribution in [-0.2, 0) is 4.74 Å². The van der Waals surface area contributed by atoms with Gasteiger partial charge in [-0.2, -0.15) is 0 Å². The molecular weight excluding hydrogens is 232 g/mol. The molecule has 0 saturated heterocycles. The molecule has 1 N–H and O–H groups in total. The van der Waals surface area contributed by atoms with Crippen molar-refractivity contribution in [1.82, 2.24) is 4.98 Å². The Labute approximate surface area is 93.8 Å². The Bertz CT molecular complexity index is 664. The molecule has 17 heavy (non-hydrogen) atoms. The number of carbonyl (C=O) groups is 1. The van der Waals surface area contributed by atoms with Gasteiger partial charge in [-0.1, -0.05) is 0 Å². The quantitative estimate of drug-likeness (QED) is 0.769. The first kappa shape index (κ1) is 11.3. The number of carbonyl (C=O) groups excluding carboxylic acids is 1. The van der Waals surface area contributed by atoms with E-state index in [0.717, 1.165) is 25.3 Å². The van der Waals surface area contributed by atoms with Crippen molar-refractivity contribution in [2.75, 3.05) is 7.11 Å². The third kappa shape index (κ3) is 1.77. The number of hydrogen-bond acceptors (Lipinski definition) is 3. The second kappa shape index (κ2) is 3.97. The van der Waals surface area contributed by atoms with Crippen molar-refractivity contribution >= 4 is 16.9 Å². The van der Waals surface area contributed by atoms with Crippen molar-refractivity contribution in [1.29, 1.82) is 0 Å². The van der Waals surface area contributed by atoms with Crippen molar-refractivity contribution < 1.29 is 18.3 Å². The molecular formula is C11H7F2NO3. The fraction of sp³-hybridized carbons (Fsp3) is 0.0909. The molecule has 0 fully saturated rings. The summed E-state index contributed by atoms with van der Waals surface area (Å²) in [4.78, 5) is 25.1. The van der Waals surface area contributed by atoms with E-state index in [0.29, 0.717) is 0 Å². The van der Waals surface area contributed by atoms with Crippen LogP contribution in [0.1, 0.15) is 10.5 Å². The lowest BCUT2D eigenvalue weighted by atomic mass is 10.2. The van der Waals surface area contributed by atoms with Gasteiger partial charge in [-0.05, 0) is 12.1 Å². The van der Waals surface area contributed by atoms with Crippen molar-refractivity contribution in [2.24, 2.45) is 0 Å². The van der Waals surface area contributed by atoms with Crippen LogP contribution in [0.5, 0.6) is 0 Å². The van der Waals surface area contributed by atoms with E-state index in [2.05, 4.69) is 9.72 Å². The first-order valence-corrected chi connectivity index (χ1v) is 4.64. The fourth-order valence-electron chi connectivity index (χ4n) is 1.48. The lowest BCUT2D eigenvalue weighted by molar-refractivity contribution is 0.0594. The van der Waals surface area contributed by atoms with Crippen molar-refractivity contribution in [3.8, 4) is 0 Å². The van der Waals surface area contributed by atoms with E-state index < -0.39 is 23.0 Å². The Hall–Kier alpha value is -2.24. The van der Waals surface area contributed by atoms with E-state index in [1.54, 1.807) is 0 Å². The number of ether oxygens (including phenoxy) is 1. The Morgan fingerprint density at radius 1 is 1.35 bits per heavy atom. The highest BCUT2D eigenvalue weighted by molar-refractivity contribution is 5.91. The molecule has 0 radical (unpaired) electrons. The van der Waals surface area contributed by atoms with Crippen molar-refractivity contribution in [2.45, 2.75) is 0 Å². The van der Waals surface area contributed by atoms with Crippen LogP contribution < -0.4 is 5.43 Å². The van der Waals surface area contributed by atoms with E-state index in [9.17, 15) is 18.4 Å². The minimum absolute atomic E-state index is 0.0310. The minimum Gasteiger partial charge on any atom is -0.464 e. The Balaban J connectivity index is 2.84. The van der Waals surface area contributed by atoms with E-state index in [1.807, 2.05) is 0 Å². The van der Waals surface area contributed by atoms with Gasteiger partial charge in [-0.25, -0.2) is 13.6 Å². The Kier molecular flexibility index (Phi) is 2.63. The Morgan fingerprint density at radius 3 is 2.71 bits per heavy atom. The summed E-state index contributed by atoms with van der Waals surface area (Å²) in [5.41, 5.74) is -1.16. The largest absolute Gasteiger partial charge is 0.464 e. The fourth-order valence-corrected chi connectivity index (χ4v) is 1.48. The molecule has 4 nitrogen and oxygen atoms in total. The number of hydrogen-bond donors (Lipinski definition) is 1. The van der Waals surface area contributed by atoms with Gasteiger partial charge in [0.25, 0.3) is 0 Å². The number of H-pyrrole nitrogens is 1. The van der Waals surface area contributed by atoms with Gasteiger partial charge in [0, 0.05) is 11.5 Å². The summed E-state index contributed by atoms with van der Waals surface area (Å²) in [6.07, 6.45) is 0. The molecule has 0 aliphatic rings. The van der Waals surface area contributed by atoms with Crippen LogP contribution in [0, 0.1) is 11.6 Å². The summed E-state index contributed by atoms with van der Waals surface area (Å²) in [6, 6.07) is 2.98. The summed E-state index contributed by atoms with van der Waals surface area (Å²) in [5.74, 6) is -3.13. The molecule has 0 atom stereocenters. The second-order valence-electron chi connectivity index (χ2n) is 3.32. The highest BCUT2D eigenvalue weighted by atomic mass is 19.2. The monoisotopic (exact) mass is 239 g/mol. The van der Waals surface area contributed by atoms with Crippen LogP contribution in [-0.4, -0.2) is 18.1 Å². The number of rotatable bonds is 1. The van der Waals surface area contributed by atoms with E-state index >= 15 is 0 Å². The van der Waals surface area contributed by atoms with Gasteiger partial charge in [0.05, 0.1) is 12.6 Å². The molecule has 2 aromatic rings. The second-order valence-corrected chi connectivity index (χ2v) is 3.32. The molecule has 6 heteroatoms. The summed E-state index contributed by atoms with van der Waals surface area (Å²) in [6.45, 7) is 0. The number of methoxy groups -OCH3 is 1. The maximum atomic E-state index is 13.4. The van der Waals surface area contributed by atoms with Crippen LogP contribution in [0.25, 0.3) is 10.9 Å². The number of nitrogens with one attached hydrogen (secondary N) is 1. The van der Waals surface area contributed by atoms with E-state index in [1.165, 1.54) is 0 Å². The zero-order valence-electron chi connectivity index (χ0n) is 8.71. The van der Waals surface area contributed by atoms with Gasteiger partial charge in [0.15, 0.2) is 17.1 Å². The molecule has 88 valence electrons. The van der Waals surface area contributed by atoms with Gasteiger partial charge in [0.1, 0.15) is 5.69 Å². The zero-order valence-corrected chi connectivity index (χ0v) is 8.71. The first-order chi connectivity index (χ1) is 8.04. The predicted molar refractivity (Wildman–Crippen MR) is 55.8 cm³/mol. The van der Waals surface area contributed by atoms with Gasteiger partial charge < -0.3 is 9.72 Å². The molecule has 0 bridgehead atoms. The van der Waals surface area contributed by atoms with Crippen LogP contribution in [0.2, 0.25) is 0 Å². The normalized spacial score (nSPS) is 10.5. The molecule has 0 unspecified atom stereocenters. The summed E-state index contributed by atoms with van der Waals surface area (Å²) in [5, 5.41) is -0.0310. The van der Waals surface area contributed by atoms with Gasteiger partial charge in [-0.15, -0.1) is 0 Å². The minimum atomic E-state index is -1.20. The Morgan fingerprint density at radius 2 is 2.06 bits per heavy atom. The maximum absolute atomic E-state index is 13.4. The molecule has 0 aliphatic carbocycles. The van der Waals surface area contributed by atoms with Gasteiger partial charge >= 0.3 is 5.97 Å². The number of benzene rings is 1. The van der Waals surface area contributed by atoms with Crippen molar-refractivity contribution in [3.63, 3.8) is 0 Å². The van der Waals surface area contributed by atoms with Crippen LogP contribution in [0.4, 0.5) is 8.78 Å². The number of fused-ring (bicyclic) bond motifs is 1. The first-order valence-electron chi connectivity index (χ1n) is 4.64. The van der Waals surface area contributed by atoms with Crippen LogP contribution in [0.15, 0.2) is 23.0 Å². The standard InChI is InChI=1S/C11H7F2NO3/c1-17-11(16)7-4-8(15)5-2-3-6(12)9(13)10(5)14-7/h2-4H,1H3,(H,14,15). The van der Waals surface area contributed by atoms with E-state index in [4.69, 9.17) is 0 Å². The SMILES string of the molecule is COC(=O)c1cc(=O)c2ccc(F)c(F)c2[nH]1. The summed E-state index contributed by atoms with van der Waals surface area (Å²) < 4.78 is 30.8. The number of halogens is 2. The molecule has 2 rings (SSSR count). The molecule has 1 heterocycles. The van der Waals surface area contributed by atoms with Crippen LogP contribution in [0.3, 0.4) is 0 Å². The third-order valence-corrected chi connectivity index (χ3v) is 2.30. The molecule has 0 spiro atoms. The van der Waals surface area contributed by atoms with Crippen LogP contribution >= 0.6 is 0 Å². The average molecular weight is 239 g/mol. The zero-order chi connectivity index (χ0) is 12.6. The number of aromatic amines is 1.